The third-order valence-electron chi connectivity index (χ3n) is 1.84. The fourth-order valence-electron chi connectivity index (χ4n) is 0.977. The summed E-state index contributed by atoms with van der Waals surface area (Å²) in [6, 6.07) is -0.969. The smallest absolute Gasteiger partial charge is 0.342 e. The fraction of sp³-hybridized carbons (Fsp3) is 0.444. The number of nitrogens with two attached hydrogens (primary N) is 1. The van der Waals surface area contributed by atoms with Crippen molar-refractivity contribution in [2.75, 3.05) is 0 Å². The molecule has 102 valence electrons. The second kappa shape index (κ2) is 9.27. The first-order valence-electron chi connectivity index (χ1n) is 4.67. The van der Waals surface area contributed by atoms with Gasteiger partial charge in [0.25, 0.3) is 0 Å². The third-order valence-corrected chi connectivity index (χ3v) is 1.84. The Bertz CT molecular complexity index is 370. The van der Waals surface area contributed by atoms with Gasteiger partial charge in [-0.15, -0.1) is 0 Å². The Morgan fingerprint density at radius 3 is 2.56 bits per heavy atom. The van der Waals surface area contributed by atoms with Crippen molar-refractivity contribution in [1.29, 1.82) is 0 Å². The molecule has 1 unspecified atom stereocenters. The van der Waals surface area contributed by atoms with Crippen molar-refractivity contribution in [2.24, 2.45) is 5.73 Å². The molecular weight excluding hydrogens is 324 g/mol. The van der Waals surface area contributed by atoms with Gasteiger partial charge in [0.2, 0.25) is 0 Å². The van der Waals surface area contributed by atoms with Gasteiger partial charge in [-0.1, -0.05) is 0 Å². The van der Waals surface area contributed by atoms with Crippen molar-refractivity contribution in [3.8, 4) is 0 Å². The minimum absolute atomic E-state index is 0. The normalized spacial score (nSPS) is 12.6. The number of nitrogens with zero attached hydrogens (tertiary/aromatic N) is 1. The monoisotopic (exact) mass is 337 g/mol. The molecule has 0 bridgehead atoms. The van der Waals surface area contributed by atoms with E-state index in [0.717, 1.165) is 0 Å². The number of imidazole rings is 1. The Hall–Kier alpha value is -0.691. The van der Waals surface area contributed by atoms with Gasteiger partial charge in [-0.2, -0.15) is 0 Å². The standard InChI is InChI=1S/C9H13N3O4.2Mn/c1-5(13)8(14)16-9(15)7(10)2-6-3-11-4-12-6;;/h3-5,7,13H,2,10H2,1H3,(H,11,12);;/t5?,7-;;/m0../s1. The Balaban J connectivity index is 0. The van der Waals surface area contributed by atoms with Crippen LogP contribution in [-0.4, -0.2) is 39.2 Å². The largest absolute Gasteiger partial charge is 0.390 e. The van der Waals surface area contributed by atoms with E-state index in [9.17, 15) is 9.59 Å². The van der Waals surface area contributed by atoms with E-state index in [1.54, 1.807) is 0 Å². The molecule has 1 aromatic rings. The van der Waals surface area contributed by atoms with Crippen LogP contribution in [0.15, 0.2) is 12.5 Å². The Morgan fingerprint density at radius 1 is 1.50 bits per heavy atom. The van der Waals surface area contributed by atoms with E-state index in [1.165, 1.54) is 19.4 Å². The first-order valence-corrected chi connectivity index (χ1v) is 4.67. The van der Waals surface area contributed by atoms with Crippen LogP contribution in [0.2, 0.25) is 0 Å². The van der Waals surface area contributed by atoms with Crippen LogP contribution in [0.25, 0.3) is 0 Å². The molecule has 0 spiro atoms. The summed E-state index contributed by atoms with van der Waals surface area (Å²) in [5.74, 6) is -1.88. The first kappa shape index (κ1) is 19.6. The van der Waals surface area contributed by atoms with Crippen molar-refractivity contribution in [3.63, 3.8) is 0 Å². The average molecular weight is 337 g/mol. The van der Waals surface area contributed by atoms with Crippen LogP contribution in [0.5, 0.6) is 0 Å². The molecule has 4 N–H and O–H groups in total. The number of hydrogen-bond acceptors (Lipinski definition) is 6. The number of hydrogen-bond donors (Lipinski definition) is 3. The molecule has 18 heavy (non-hydrogen) atoms. The van der Waals surface area contributed by atoms with E-state index in [1.807, 2.05) is 0 Å². The molecule has 0 amide bonds. The Labute approximate surface area is 125 Å². The van der Waals surface area contributed by atoms with Crippen molar-refractivity contribution in [2.45, 2.75) is 25.5 Å². The summed E-state index contributed by atoms with van der Waals surface area (Å²) in [6.07, 6.45) is 1.81. The van der Waals surface area contributed by atoms with Crippen LogP contribution in [0.4, 0.5) is 0 Å². The van der Waals surface area contributed by atoms with Crippen LogP contribution < -0.4 is 5.73 Å². The number of aromatic amines is 1. The number of rotatable bonds is 4. The van der Waals surface area contributed by atoms with E-state index in [4.69, 9.17) is 10.8 Å². The van der Waals surface area contributed by atoms with Gasteiger partial charge in [0.05, 0.1) is 6.33 Å². The molecule has 7 nitrogen and oxygen atoms in total. The number of nitrogens with one attached hydrogen (secondary N) is 1. The number of carbonyl (C=O) groups excluding carboxylic acids is 2. The van der Waals surface area contributed by atoms with Gasteiger partial charge in [0.15, 0.2) is 0 Å². The SMILES string of the molecule is CC(O)C(=O)OC(=O)[C@@H](N)Cc1cnc[nH]1.[Mn].[Mn]. The molecule has 0 saturated heterocycles. The zero-order valence-electron chi connectivity index (χ0n) is 9.47. The minimum atomic E-state index is -1.34. The minimum Gasteiger partial charge on any atom is -0.390 e. The molecule has 1 rings (SSSR count). The molecule has 1 heterocycles. The number of carbonyl (C=O) groups is 2. The van der Waals surface area contributed by atoms with E-state index < -0.39 is 24.1 Å². The van der Waals surface area contributed by atoms with Crippen LogP contribution in [0, 0.1) is 0 Å². The summed E-state index contributed by atoms with van der Waals surface area (Å²) >= 11 is 0. The van der Waals surface area contributed by atoms with Gasteiger partial charge in [0.1, 0.15) is 12.1 Å². The van der Waals surface area contributed by atoms with Crippen LogP contribution in [0.3, 0.4) is 0 Å². The average Bonchev–Trinajstić information content (AvgIpc) is 2.69. The molecule has 0 aromatic carbocycles. The fourth-order valence-corrected chi connectivity index (χ4v) is 0.977. The van der Waals surface area contributed by atoms with Crippen LogP contribution in [0.1, 0.15) is 12.6 Å². The van der Waals surface area contributed by atoms with Crippen LogP contribution >= 0.6 is 0 Å². The number of aliphatic hydroxyl groups is 1. The predicted molar refractivity (Wildman–Crippen MR) is 53.0 cm³/mol. The number of esters is 2. The van der Waals surface area contributed by atoms with Gasteiger partial charge in [-0.3, -0.25) is 0 Å². The zero-order chi connectivity index (χ0) is 12.1. The Morgan fingerprint density at radius 2 is 2.11 bits per heavy atom. The maximum atomic E-state index is 11.3. The summed E-state index contributed by atoms with van der Waals surface area (Å²) < 4.78 is 4.34. The van der Waals surface area contributed by atoms with Gasteiger partial charge in [-0.05, 0) is 6.92 Å². The number of aliphatic hydroxyl groups excluding tert-OH is 1. The van der Waals surface area contributed by atoms with Crippen molar-refractivity contribution in [3.05, 3.63) is 18.2 Å². The number of ether oxygens (including phenoxy) is 1. The zero-order valence-corrected chi connectivity index (χ0v) is 11.8. The van der Waals surface area contributed by atoms with E-state index >= 15 is 0 Å². The second-order valence-electron chi connectivity index (χ2n) is 3.30. The molecule has 1 aromatic heterocycles. The van der Waals surface area contributed by atoms with E-state index in [0.29, 0.717) is 5.69 Å². The number of H-pyrrole nitrogens is 1. The summed E-state index contributed by atoms with van der Waals surface area (Å²) in [7, 11) is 0. The van der Waals surface area contributed by atoms with E-state index in [2.05, 4.69) is 14.7 Å². The summed E-state index contributed by atoms with van der Waals surface area (Å²) in [6.45, 7) is 1.20. The van der Waals surface area contributed by atoms with Crippen molar-refractivity contribution < 1.29 is 53.6 Å². The van der Waals surface area contributed by atoms with Gasteiger partial charge < -0.3 is 20.6 Å². The predicted octanol–water partition coefficient (Wildman–Crippen LogP) is -1.27. The molecule has 0 aliphatic carbocycles. The third kappa shape index (κ3) is 6.30. The molecule has 2 atom stereocenters. The topological polar surface area (TPSA) is 118 Å². The molecule has 0 saturated carbocycles. The maximum absolute atomic E-state index is 11.3. The van der Waals surface area contributed by atoms with E-state index in [-0.39, 0.29) is 40.6 Å². The summed E-state index contributed by atoms with van der Waals surface area (Å²) in [5.41, 5.74) is 6.16. The summed E-state index contributed by atoms with van der Waals surface area (Å²) in [4.78, 5) is 28.7. The molecule has 9 heteroatoms. The van der Waals surface area contributed by atoms with Crippen molar-refractivity contribution in [1.82, 2.24) is 9.97 Å². The molecular formula is C9H13Mn2N3O4. The van der Waals surface area contributed by atoms with Gasteiger partial charge in [0, 0.05) is 52.4 Å². The number of aromatic nitrogens is 2. The maximum Gasteiger partial charge on any atom is 0.342 e. The van der Waals surface area contributed by atoms with Gasteiger partial charge in [-0.25, -0.2) is 14.6 Å². The van der Waals surface area contributed by atoms with Crippen LogP contribution in [-0.2, 0) is 54.9 Å². The van der Waals surface area contributed by atoms with Gasteiger partial charge >= 0.3 is 11.9 Å². The molecule has 2 radical (unpaired) electrons. The first-order chi connectivity index (χ1) is 7.50. The van der Waals surface area contributed by atoms with Crippen molar-refractivity contribution >= 4 is 11.9 Å². The molecule has 0 fully saturated rings. The quantitative estimate of drug-likeness (QED) is 0.358. The summed E-state index contributed by atoms with van der Waals surface area (Å²) in [5, 5.41) is 8.82. The molecule has 0 aliphatic rings. The molecule has 0 aliphatic heterocycles. The Kier molecular flexibility index (Phi) is 10.1. The second-order valence-corrected chi connectivity index (χ2v) is 3.30.